The molecule has 2 heteroatoms. The Morgan fingerprint density at radius 1 is 1.11 bits per heavy atom. The lowest BCUT2D eigenvalue weighted by molar-refractivity contribution is -0.114. The highest BCUT2D eigenvalue weighted by molar-refractivity contribution is 5.92. The van der Waals surface area contributed by atoms with Crippen molar-refractivity contribution in [2.24, 2.45) is 5.73 Å². The van der Waals surface area contributed by atoms with E-state index in [-0.39, 0.29) is 0 Å². The van der Waals surface area contributed by atoms with E-state index in [0.29, 0.717) is 5.57 Å². The van der Waals surface area contributed by atoms with Crippen LogP contribution in [0.3, 0.4) is 0 Å². The number of allylic oxidation sites excluding steroid dienone is 10. The van der Waals surface area contributed by atoms with E-state index in [1.165, 1.54) is 0 Å². The lowest BCUT2D eigenvalue weighted by atomic mass is 10.0. The van der Waals surface area contributed by atoms with E-state index in [0.717, 1.165) is 16.7 Å². The van der Waals surface area contributed by atoms with E-state index in [4.69, 9.17) is 5.73 Å². The molecule has 0 aliphatic rings. The second kappa shape index (κ2) is 8.70. The number of rotatable bonds is 7. The molecule has 0 bridgehead atoms. The molecule has 0 aliphatic heterocycles. The molecule has 0 rings (SSSR count). The summed E-state index contributed by atoms with van der Waals surface area (Å²) >= 11 is 0. The average molecular weight is 255 g/mol. The van der Waals surface area contributed by atoms with Crippen molar-refractivity contribution in [2.75, 3.05) is 0 Å². The van der Waals surface area contributed by atoms with E-state index in [1.54, 1.807) is 31.2 Å². The summed E-state index contributed by atoms with van der Waals surface area (Å²) in [6.45, 7) is 14.9. The minimum absolute atomic E-state index is 0.449. The SMILES string of the molecule is C=C/C=C\C(C)=C/C(=C)C(/C=C(\C)C(N)=O)=C/C=C. The van der Waals surface area contributed by atoms with Crippen LogP contribution in [-0.2, 0) is 4.79 Å². The summed E-state index contributed by atoms with van der Waals surface area (Å²) in [5.41, 5.74) is 8.31. The Morgan fingerprint density at radius 3 is 2.21 bits per heavy atom. The molecule has 0 heterocycles. The maximum Gasteiger partial charge on any atom is 0.244 e. The number of carbonyl (C=O) groups is 1. The van der Waals surface area contributed by atoms with Gasteiger partial charge in [0.05, 0.1) is 0 Å². The summed E-state index contributed by atoms with van der Waals surface area (Å²) in [4.78, 5) is 11.1. The van der Waals surface area contributed by atoms with Crippen LogP contribution in [0.5, 0.6) is 0 Å². The van der Waals surface area contributed by atoms with Crippen molar-refractivity contribution < 1.29 is 4.79 Å². The van der Waals surface area contributed by atoms with Crippen LogP contribution in [0.25, 0.3) is 0 Å². The number of amides is 1. The predicted molar refractivity (Wildman–Crippen MR) is 83.5 cm³/mol. The van der Waals surface area contributed by atoms with Gasteiger partial charge in [-0.05, 0) is 31.1 Å². The maximum absolute atomic E-state index is 11.1. The fraction of sp³-hybridized carbons (Fsp3) is 0.118. The number of hydrogen-bond acceptors (Lipinski definition) is 1. The van der Waals surface area contributed by atoms with Crippen molar-refractivity contribution in [3.05, 3.63) is 84.6 Å². The summed E-state index contributed by atoms with van der Waals surface area (Å²) in [5.74, 6) is -0.449. The molecular weight excluding hydrogens is 234 g/mol. The number of nitrogens with two attached hydrogens (primary N) is 1. The molecule has 0 aromatic rings. The van der Waals surface area contributed by atoms with Gasteiger partial charge in [0.1, 0.15) is 0 Å². The Kier molecular flexibility index (Phi) is 7.62. The normalized spacial score (nSPS) is 13.5. The zero-order valence-electron chi connectivity index (χ0n) is 11.6. The van der Waals surface area contributed by atoms with Gasteiger partial charge >= 0.3 is 0 Å². The average Bonchev–Trinajstić information content (AvgIpc) is 2.35. The fourth-order valence-electron chi connectivity index (χ4n) is 1.31. The first-order valence-corrected chi connectivity index (χ1v) is 5.89. The molecule has 0 radical (unpaired) electrons. The van der Waals surface area contributed by atoms with Gasteiger partial charge in [0.2, 0.25) is 5.91 Å². The van der Waals surface area contributed by atoms with Crippen molar-refractivity contribution in [1.29, 1.82) is 0 Å². The van der Waals surface area contributed by atoms with Crippen LogP contribution >= 0.6 is 0 Å². The monoisotopic (exact) mass is 255 g/mol. The van der Waals surface area contributed by atoms with E-state index in [2.05, 4.69) is 19.7 Å². The minimum atomic E-state index is -0.449. The summed E-state index contributed by atoms with van der Waals surface area (Å²) in [6, 6.07) is 0. The van der Waals surface area contributed by atoms with Gasteiger partial charge in [0.15, 0.2) is 0 Å². The summed E-state index contributed by atoms with van der Waals surface area (Å²) < 4.78 is 0. The summed E-state index contributed by atoms with van der Waals surface area (Å²) in [5, 5.41) is 0. The zero-order chi connectivity index (χ0) is 14.8. The highest BCUT2D eigenvalue weighted by Crippen LogP contribution is 2.16. The Hall–Kier alpha value is -2.35. The second-order valence-corrected chi connectivity index (χ2v) is 4.06. The number of primary amides is 1. The van der Waals surface area contributed by atoms with Crippen molar-refractivity contribution in [2.45, 2.75) is 13.8 Å². The minimum Gasteiger partial charge on any atom is -0.366 e. The molecule has 0 aromatic carbocycles. The van der Waals surface area contributed by atoms with E-state index < -0.39 is 5.91 Å². The van der Waals surface area contributed by atoms with Gasteiger partial charge in [0, 0.05) is 5.57 Å². The Labute approximate surface area is 115 Å². The molecule has 19 heavy (non-hydrogen) atoms. The molecule has 0 spiro atoms. The Morgan fingerprint density at radius 2 is 1.74 bits per heavy atom. The van der Waals surface area contributed by atoms with Crippen LogP contribution in [0.1, 0.15) is 13.8 Å². The highest BCUT2D eigenvalue weighted by Gasteiger charge is 2.01. The number of hydrogen-bond donors (Lipinski definition) is 1. The van der Waals surface area contributed by atoms with Gasteiger partial charge in [-0.15, -0.1) is 0 Å². The van der Waals surface area contributed by atoms with Gasteiger partial charge < -0.3 is 5.73 Å². The smallest absolute Gasteiger partial charge is 0.244 e. The second-order valence-electron chi connectivity index (χ2n) is 4.06. The third kappa shape index (κ3) is 6.84. The van der Waals surface area contributed by atoms with Crippen LogP contribution in [0.4, 0.5) is 0 Å². The fourth-order valence-corrected chi connectivity index (χ4v) is 1.31. The van der Waals surface area contributed by atoms with Gasteiger partial charge in [0.25, 0.3) is 0 Å². The van der Waals surface area contributed by atoms with Crippen molar-refractivity contribution in [3.8, 4) is 0 Å². The maximum atomic E-state index is 11.1. The highest BCUT2D eigenvalue weighted by atomic mass is 16.1. The Balaban J connectivity index is 5.29. The lowest BCUT2D eigenvalue weighted by Crippen LogP contribution is -2.11. The van der Waals surface area contributed by atoms with Gasteiger partial charge in [-0.1, -0.05) is 61.8 Å². The third-order valence-electron chi connectivity index (χ3n) is 2.33. The molecule has 1 amide bonds. The molecular formula is C17H21NO. The van der Waals surface area contributed by atoms with E-state index in [1.807, 2.05) is 25.2 Å². The molecule has 0 saturated carbocycles. The molecule has 0 unspecified atom stereocenters. The molecule has 0 fully saturated rings. The predicted octanol–water partition coefficient (Wildman–Crippen LogP) is 3.78. The van der Waals surface area contributed by atoms with Crippen LogP contribution in [0, 0.1) is 0 Å². The number of carbonyl (C=O) groups excluding carboxylic acids is 1. The van der Waals surface area contributed by atoms with Crippen LogP contribution in [0.15, 0.2) is 84.6 Å². The molecule has 0 saturated heterocycles. The standard InChI is InChI=1S/C17H21NO/c1-6-8-10-13(3)11-14(4)16(9-7-2)12-15(5)17(18)19/h6-12H,1-2,4H2,3,5H3,(H2,18,19)/b10-8-,13-11-,15-12+,16-9+. The van der Waals surface area contributed by atoms with Crippen molar-refractivity contribution in [3.63, 3.8) is 0 Å². The molecule has 100 valence electrons. The topological polar surface area (TPSA) is 43.1 Å². The summed E-state index contributed by atoms with van der Waals surface area (Å²) in [6.07, 6.45) is 12.5. The molecule has 0 aromatic heterocycles. The van der Waals surface area contributed by atoms with Gasteiger partial charge in [-0.3, -0.25) is 4.79 Å². The van der Waals surface area contributed by atoms with Crippen LogP contribution < -0.4 is 5.73 Å². The molecule has 0 aliphatic carbocycles. The van der Waals surface area contributed by atoms with Crippen LogP contribution in [-0.4, -0.2) is 5.91 Å². The van der Waals surface area contributed by atoms with Crippen molar-refractivity contribution in [1.82, 2.24) is 0 Å². The van der Waals surface area contributed by atoms with E-state index in [9.17, 15) is 4.79 Å². The third-order valence-corrected chi connectivity index (χ3v) is 2.33. The van der Waals surface area contributed by atoms with E-state index >= 15 is 0 Å². The lowest BCUT2D eigenvalue weighted by Gasteiger charge is -2.04. The van der Waals surface area contributed by atoms with Gasteiger partial charge in [-0.2, -0.15) is 0 Å². The van der Waals surface area contributed by atoms with Gasteiger partial charge in [-0.25, -0.2) is 0 Å². The first-order valence-electron chi connectivity index (χ1n) is 5.89. The summed E-state index contributed by atoms with van der Waals surface area (Å²) in [7, 11) is 0. The first kappa shape index (κ1) is 16.7. The Bertz CT molecular complexity index is 499. The zero-order valence-corrected chi connectivity index (χ0v) is 11.6. The first-order chi connectivity index (χ1) is 8.92. The van der Waals surface area contributed by atoms with Crippen molar-refractivity contribution >= 4 is 5.91 Å². The molecule has 2 N–H and O–H groups in total. The molecule has 0 atom stereocenters. The largest absolute Gasteiger partial charge is 0.366 e. The van der Waals surface area contributed by atoms with Crippen LogP contribution in [0.2, 0.25) is 0 Å². The molecule has 2 nitrogen and oxygen atoms in total. The quantitative estimate of drug-likeness (QED) is 0.546.